The van der Waals surface area contributed by atoms with Gasteiger partial charge in [-0.15, -0.1) is 0 Å². The molecule has 1 saturated carbocycles. The summed E-state index contributed by atoms with van der Waals surface area (Å²) in [7, 11) is 0. The number of rotatable bonds is 4. The van der Waals surface area contributed by atoms with Crippen LogP contribution in [0.1, 0.15) is 57.8 Å². The van der Waals surface area contributed by atoms with Crippen LogP contribution < -0.4 is 5.73 Å². The monoisotopic (exact) mass is 211 g/mol. The van der Waals surface area contributed by atoms with E-state index < -0.39 is 0 Å². The van der Waals surface area contributed by atoms with Gasteiger partial charge < -0.3 is 10.5 Å². The molecule has 2 rings (SSSR count). The van der Waals surface area contributed by atoms with Crippen LogP contribution in [0.2, 0.25) is 0 Å². The van der Waals surface area contributed by atoms with Crippen molar-refractivity contribution in [2.24, 2.45) is 11.7 Å². The summed E-state index contributed by atoms with van der Waals surface area (Å²) in [5, 5.41) is 0. The van der Waals surface area contributed by atoms with Crippen molar-refractivity contribution in [2.75, 3.05) is 6.61 Å². The smallest absolute Gasteiger partial charge is 0.0576 e. The molecule has 2 heteroatoms. The first kappa shape index (κ1) is 11.4. The van der Waals surface area contributed by atoms with Crippen molar-refractivity contribution in [1.29, 1.82) is 0 Å². The van der Waals surface area contributed by atoms with Crippen molar-refractivity contribution >= 4 is 0 Å². The van der Waals surface area contributed by atoms with Gasteiger partial charge in [-0.25, -0.2) is 0 Å². The third kappa shape index (κ3) is 3.46. The summed E-state index contributed by atoms with van der Waals surface area (Å²) in [6, 6.07) is 0.489. The topological polar surface area (TPSA) is 35.2 Å². The van der Waals surface area contributed by atoms with Crippen LogP contribution in [0.3, 0.4) is 0 Å². The second-order valence-electron chi connectivity index (χ2n) is 5.27. The van der Waals surface area contributed by atoms with E-state index in [9.17, 15) is 0 Å². The highest BCUT2D eigenvalue weighted by atomic mass is 16.5. The van der Waals surface area contributed by atoms with Crippen molar-refractivity contribution in [1.82, 2.24) is 0 Å². The molecule has 0 aromatic heterocycles. The van der Waals surface area contributed by atoms with Crippen LogP contribution >= 0.6 is 0 Å². The summed E-state index contributed by atoms with van der Waals surface area (Å²) in [6.45, 7) is 0.994. The van der Waals surface area contributed by atoms with Crippen molar-refractivity contribution < 1.29 is 4.74 Å². The summed E-state index contributed by atoms with van der Waals surface area (Å²) < 4.78 is 5.64. The van der Waals surface area contributed by atoms with Gasteiger partial charge in [0.1, 0.15) is 0 Å². The number of hydrogen-bond acceptors (Lipinski definition) is 2. The molecule has 15 heavy (non-hydrogen) atoms. The molecule has 0 aromatic carbocycles. The lowest BCUT2D eigenvalue weighted by Gasteiger charge is -2.28. The lowest BCUT2D eigenvalue weighted by Crippen LogP contribution is -2.33. The van der Waals surface area contributed by atoms with Gasteiger partial charge in [-0.3, -0.25) is 0 Å². The van der Waals surface area contributed by atoms with E-state index in [1.54, 1.807) is 0 Å². The first-order valence-corrected chi connectivity index (χ1v) is 6.73. The Morgan fingerprint density at radius 2 is 1.87 bits per heavy atom. The Hall–Kier alpha value is -0.0800. The van der Waals surface area contributed by atoms with Crippen LogP contribution in [0, 0.1) is 5.92 Å². The minimum atomic E-state index is 0.489. The lowest BCUT2D eigenvalue weighted by molar-refractivity contribution is 0.0995. The van der Waals surface area contributed by atoms with E-state index in [0.29, 0.717) is 12.1 Å². The molecule has 2 N–H and O–H groups in total. The normalized spacial score (nSPS) is 37.0. The maximum atomic E-state index is 6.14. The van der Waals surface area contributed by atoms with Crippen LogP contribution in [0.5, 0.6) is 0 Å². The molecule has 0 spiro atoms. The fraction of sp³-hybridized carbons (Fsp3) is 1.00. The second-order valence-corrected chi connectivity index (χ2v) is 5.27. The lowest BCUT2D eigenvalue weighted by atomic mass is 9.82. The largest absolute Gasteiger partial charge is 0.378 e. The van der Waals surface area contributed by atoms with Gasteiger partial charge in [-0.05, 0) is 44.4 Å². The van der Waals surface area contributed by atoms with E-state index in [2.05, 4.69) is 0 Å². The summed E-state index contributed by atoms with van der Waals surface area (Å²) in [6.07, 6.45) is 12.4. The summed E-state index contributed by atoms with van der Waals surface area (Å²) in [5.41, 5.74) is 6.14. The van der Waals surface area contributed by atoms with E-state index >= 15 is 0 Å². The average molecular weight is 211 g/mol. The van der Waals surface area contributed by atoms with Crippen LogP contribution in [-0.4, -0.2) is 18.8 Å². The predicted molar refractivity (Wildman–Crippen MR) is 62.8 cm³/mol. The van der Waals surface area contributed by atoms with Crippen molar-refractivity contribution in [3.05, 3.63) is 0 Å². The predicted octanol–water partition coefficient (Wildman–Crippen LogP) is 2.85. The van der Waals surface area contributed by atoms with Gasteiger partial charge in [-0.2, -0.15) is 0 Å². The maximum Gasteiger partial charge on any atom is 0.0576 e. The zero-order chi connectivity index (χ0) is 10.5. The van der Waals surface area contributed by atoms with Crippen molar-refractivity contribution in [3.8, 4) is 0 Å². The standard InChI is InChI=1S/C13H25NO/c14-13-9-2-1-5-11(13)6-3-7-12-8-4-10-15-12/h11-13H,1-10,14H2. The fourth-order valence-corrected chi connectivity index (χ4v) is 3.07. The maximum absolute atomic E-state index is 6.14. The Balaban J connectivity index is 1.59. The third-order valence-corrected chi connectivity index (χ3v) is 4.09. The zero-order valence-electron chi connectivity index (χ0n) is 9.79. The average Bonchev–Trinajstić information content (AvgIpc) is 2.74. The Bertz CT molecular complexity index is 177. The van der Waals surface area contributed by atoms with Gasteiger partial charge >= 0.3 is 0 Å². The molecule has 0 bridgehead atoms. The molecule has 1 saturated heterocycles. The summed E-state index contributed by atoms with van der Waals surface area (Å²) >= 11 is 0. The summed E-state index contributed by atoms with van der Waals surface area (Å²) in [4.78, 5) is 0. The van der Waals surface area contributed by atoms with Crippen LogP contribution in [-0.2, 0) is 4.74 Å². The SMILES string of the molecule is NC1CCCCC1CCCC1CCCO1. The van der Waals surface area contributed by atoms with Crippen LogP contribution in [0.25, 0.3) is 0 Å². The van der Waals surface area contributed by atoms with E-state index in [1.165, 1.54) is 57.8 Å². The molecule has 0 amide bonds. The zero-order valence-corrected chi connectivity index (χ0v) is 9.79. The minimum absolute atomic E-state index is 0.489. The minimum Gasteiger partial charge on any atom is -0.378 e. The van der Waals surface area contributed by atoms with Crippen LogP contribution in [0.15, 0.2) is 0 Å². The second kappa shape index (κ2) is 5.86. The van der Waals surface area contributed by atoms with Crippen molar-refractivity contribution in [3.63, 3.8) is 0 Å². The molecular formula is C13H25NO. The molecule has 2 fully saturated rings. The van der Waals surface area contributed by atoms with Gasteiger partial charge in [0, 0.05) is 12.6 Å². The number of ether oxygens (including phenoxy) is 1. The Morgan fingerprint density at radius 3 is 2.60 bits per heavy atom. The molecular weight excluding hydrogens is 186 g/mol. The Kier molecular flexibility index (Phi) is 4.45. The van der Waals surface area contributed by atoms with Gasteiger partial charge in [-0.1, -0.05) is 19.3 Å². The fourth-order valence-electron chi connectivity index (χ4n) is 3.07. The molecule has 88 valence electrons. The molecule has 3 unspecified atom stereocenters. The highest BCUT2D eigenvalue weighted by Gasteiger charge is 2.22. The van der Waals surface area contributed by atoms with Crippen molar-refractivity contribution in [2.45, 2.75) is 69.9 Å². The summed E-state index contributed by atoms with van der Waals surface area (Å²) in [5.74, 6) is 0.806. The molecule has 3 atom stereocenters. The molecule has 1 aliphatic carbocycles. The van der Waals surface area contributed by atoms with E-state index in [-0.39, 0.29) is 0 Å². The van der Waals surface area contributed by atoms with E-state index in [0.717, 1.165) is 12.5 Å². The van der Waals surface area contributed by atoms with Crippen LogP contribution in [0.4, 0.5) is 0 Å². The first-order chi connectivity index (χ1) is 7.36. The highest BCUT2D eigenvalue weighted by molar-refractivity contribution is 4.78. The van der Waals surface area contributed by atoms with Gasteiger partial charge in [0.05, 0.1) is 6.10 Å². The molecule has 0 radical (unpaired) electrons. The molecule has 1 aliphatic heterocycles. The molecule has 0 aromatic rings. The number of hydrogen-bond donors (Lipinski definition) is 1. The Morgan fingerprint density at radius 1 is 1.00 bits per heavy atom. The molecule has 2 nitrogen and oxygen atoms in total. The Labute approximate surface area is 93.6 Å². The van der Waals surface area contributed by atoms with E-state index in [4.69, 9.17) is 10.5 Å². The molecule has 1 heterocycles. The number of nitrogens with two attached hydrogens (primary N) is 1. The van der Waals surface area contributed by atoms with Gasteiger partial charge in [0.2, 0.25) is 0 Å². The highest BCUT2D eigenvalue weighted by Crippen LogP contribution is 2.28. The quantitative estimate of drug-likeness (QED) is 0.776. The van der Waals surface area contributed by atoms with Gasteiger partial charge in [0.25, 0.3) is 0 Å². The van der Waals surface area contributed by atoms with E-state index in [1.807, 2.05) is 0 Å². The first-order valence-electron chi connectivity index (χ1n) is 6.73. The molecule has 2 aliphatic rings. The van der Waals surface area contributed by atoms with Gasteiger partial charge in [0.15, 0.2) is 0 Å². The third-order valence-electron chi connectivity index (χ3n) is 4.09.